The van der Waals surface area contributed by atoms with E-state index in [1.807, 2.05) is 0 Å². The summed E-state index contributed by atoms with van der Waals surface area (Å²) >= 11 is 0. The first-order valence-corrected chi connectivity index (χ1v) is 10.3. The van der Waals surface area contributed by atoms with Crippen LogP contribution < -0.4 is 0 Å². The van der Waals surface area contributed by atoms with Gasteiger partial charge in [0.25, 0.3) is 0 Å². The van der Waals surface area contributed by atoms with E-state index in [1.54, 1.807) is 38.0 Å². The molecular formula is C12H24P2. The predicted octanol–water partition coefficient (Wildman–Crippen LogP) is 5.01. The molecule has 0 bridgehead atoms. The van der Waals surface area contributed by atoms with Crippen LogP contribution >= 0.6 is 15.2 Å². The molecule has 0 radical (unpaired) electrons. The molecule has 2 rings (SSSR count). The van der Waals surface area contributed by atoms with Crippen LogP contribution in [0.25, 0.3) is 0 Å². The van der Waals surface area contributed by atoms with E-state index in [9.17, 15) is 0 Å². The molecule has 4 unspecified atom stereocenters. The topological polar surface area (TPSA) is 0 Å². The standard InChI is InChI=1S/C12H24P2/c1-3-11-7-5-9-13(11)14-10-6-8-12(14)4-2/h11-12H,3-10H2,1-2H3. The van der Waals surface area contributed by atoms with Gasteiger partial charge in [0.1, 0.15) is 0 Å². The van der Waals surface area contributed by atoms with Gasteiger partial charge in [0.05, 0.1) is 0 Å². The third kappa shape index (κ3) is 2.17. The molecule has 0 amide bonds. The molecule has 2 fully saturated rings. The van der Waals surface area contributed by atoms with Crippen molar-refractivity contribution in [3.8, 4) is 0 Å². The maximum Gasteiger partial charge on any atom is -0.0173 e. The van der Waals surface area contributed by atoms with Crippen LogP contribution in [0, 0.1) is 0 Å². The van der Waals surface area contributed by atoms with E-state index < -0.39 is 0 Å². The summed E-state index contributed by atoms with van der Waals surface area (Å²) in [6, 6.07) is 0. The Balaban J connectivity index is 1.98. The fourth-order valence-electron chi connectivity index (χ4n) is 3.15. The van der Waals surface area contributed by atoms with Crippen LogP contribution in [0.5, 0.6) is 0 Å². The Labute approximate surface area is 91.6 Å². The molecule has 0 aromatic rings. The lowest BCUT2D eigenvalue weighted by Crippen LogP contribution is -2.01. The van der Waals surface area contributed by atoms with Gasteiger partial charge in [-0.15, -0.1) is 0 Å². The Morgan fingerprint density at radius 2 is 1.29 bits per heavy atom. The number of hydrogen-bond donors (Lipinski definition) is 0. The summed E-state index contributed by atoms with van der Waals surface area (Å²) in [5.41, 5.74) is 2.37. The highest BCUT2D eigenvalue weighted by atomic mass is 32.1. The number of hydrogen-bond acceptors (Lipinski definition) is 0. The third-order valence-electron chi connectivity index (χ3n) is 3.96. The summed E-state index contributed by atoms with van der Waals surface area (Å²) in [4.78, 5) is 0. The molecule has 2 heterocycles. The van der Waals surface area contributed by atoms with E-state index in [4.69, 9.17) is 0 Å². The predicted molar refractivity (Wildman–Crippen MR) is 70.2 cm³/mol. The molecule has 0 aromatic carbocycles. The second-order valence-corrected chi connectivity index (χ2v) is 11.9. The molecule has 0 spiro atoms. The lowest BCUT2D eigenvalue weighted by molar-refractivity contribution is 0.754. The quantitative estimate of drug-likeness (QED) is 0.598. The minimum absolute atomic E-state index is 0.510. The van der Waals surface area contributed by atoms with Gasteiger partial charge < -0.3 is 0 Å². The molecule has 82 valence electrons. The van der Waals surface area contributed by atoms with Crippen LogP contribution in [0.15, 0.2) is 0 Å². The Morgan fingerprint density at radius 3 is 1.64 bits per heavy atom. The van der Waals surface area contributed by atoms with Crippen molar-refractivity contribution >= 4 is 15.2 Å². The van der Waals surface area contributed by atoms with Gasteiger partial charge in [0, 0.05) is 0 Å². The van der Waals surface area contributed by atoms with Gasteiger partial charge in [0.15, 0.2) is 0 Å². The largest absolute Gasteiger partial charge is 0.0775 e. The lowest BCUT2D eigenvalue weighted by atomic mass is 10.2. The summed E-state index contributed by atoms with van der Waals surface area (Å²) in [5, 5.41) is 0. The first-order chi connectivity index (χ1) is 6.86. The van der Waals surface area contributed by atoms with Crippen molar-refractivity contribution in [1.29, 1.82) is 0 Å². The fraction of sp³-hybridized carbons (Fsp3) is 1.00. The summed E-state index contributed by atoms with van der Waals surface area (Å²) in [6.45, 7) is 4.86. The SMILES string of the molecule is CCC1CCCP1P1CCCC1CC. The average Bonchev–Trinajstić information content (AvgIpc) is 2.85. The molecule has 0 nitrogen and oxygen atoms in total. The van der Waals surface area contributed by atoms with E-state index in [-0.39, 0.29) is 0 Å². The lowest BCUT2D eigenvalue weighted by Gasteiger charge is -2.30. The molecule has 4 atom stereocenters. The average molecular weight is 230 g/mol. The van der Waals surface area contributed by atoms with Gasteiger partial charge >= 0.3 is 0 Å². The van der Waals surface area contributed by atoms with Crippen LogP contribution in [0.1, 0.15) is 52.4 Å². The van der Waals surface area contributed by atoms with Gasteiger partial charge in [-0.3, -0.25) is 0 Å². The fourth-order valence-corrected chi connectivity index (χ4v) is 14.6. The van der Waals surface area contributed by atoms with Gasteiger partial charge in [-0.05, 0) is 62.2 Å². The van der Waals surface area contributed by atoms with Crippen LogP contribution in [-0.4, -0.2) is 23.6 Å². The molecular weight excluding hydrogens is 206 g/mol. The van der Waals surface area contributed by atoms with Crippen LogP contribution in [0.2, 0.25) is 0 Å². The second-order valence-electron chi connectivity index (χ2n) is 4.73. The Bertz CT molecular complexity index is 161. The zero-order chi connectivity index (χ0) is 9.97. The van der Waals surface area contributed by atoms with Gasteiger partial charge in [0.2, 0.25) is 0 Å². The molecule has 0 aromatic heterocycles. The van der Waals surface area contributed by atoms with Crippen LogP contribution in [0.4, 0.5) is 0 Å². The van der Waals surface area contributed by atoms with E-state index in [0.717, 1.165) is 0 Å². The Kier molecular flexibility index (Phi) is 4.27. The van der Waals surface area contributed by atoms with Crippen molar-refractivity contribution in [3.05, 3.63) is 0 Å². The molecule has 2 aliphatic rings. The second kappa shape index (κ2) is 5.27. The van der Waals surface area contributed by atoms with Gasteiger partial charge in [-0.2, -0.15) is 0 Å². The maximum absolute atomic E-state index is 2.43. The molecule has 0 aliphatic carbocycles. The van der Waals surface area contributed by atoms with E-state index in [2.05, 4.69) is 13.8 Å². The summed E-state index contributed by atoms with van der Waals surface area (Å²) < 4.78 is 0. The van der Waals surface area contributed by atoms with E-state index >= 15 is 0 Å². The number of rotatable bonds is 3. The van der Waals surface area contributed by atoms with Crippen molar-refractivity contribution in [3.63, 3.8) is 0 Å². The maximum atomic E-state index is 2.43. The summed E-state index contributed by atoms with van der Waals surface area (Å²) in [6.07, 6.45) is 12.6. The summed E-state index contributed by atoms with van der Waals surface area (Å²) in [5.74, 6) is 0. The molecule has 2 heteroatoms. The van der Waals surface area contributed by atoms with Crippen molar-refractivity contribution in [2.75, 3.05) is 12.3 Å². The highest BCUT2D eigenvalue weighted by Gasteiger charge is 2.37. The highest BCUT2D eigenvalue weighted by Crippen LogP contribution is 2.80. The van der Waals surface area contributed by atoms with Gasteiger partial charge in [-0.1, -0.05) is 29.1 Å². The smallest absolute Gasteiger partial charge is 0.0173 e. The van der Waals surface area contributed by atoms with E-state index in [1.165, 1.54) is 24.2 Å². The highest BCUT2D eigenvalue weighted by molar-refractivity contribution is 8.30. The van der Waals surface area contributed by atoms with Crippen molar-refractivity contribution in [1.82, 2.24) is 0 Å². The van der Waals surface area contributed by atoms with Crippen LogP contribution in [-0.2, 0) is 0 Å². The minimum atomic E-state index is 0.510. The van der Waals surface area contributed by atoms with Crippen molar-refractivity contribution in [2.45, 2.75) is 63.7 Å². The van der Waals surface area contributed by atoms with Gasteiger partial charge in [-0.25, -0.2) is 0 Å². The Morgan fingerprint density at radius 1 is 0.857 bits per heavy atom. The monoisotopic (exact) mass is 230 g/mol. The normalized spacial score (nSPS) is 43.3. The minimum Gasteiger partial charge on any atom is -0.0775 e. The van der Waals surface area contributed by atoms with Crippen molar-refractivity contribution in [2.24, 2.45) is 0 Å². The molecule has 0 N–H and O–H groups in total. The molecule has 0 saturated carbocycles. The zero-order valence-corrected chi connectivity index (χ0v) is 11.5. The molecule has 14 heavy (non-hydrogen) atoms. The van der Waals surface area contributed by atoms with Crippen LogP contribution in [0.3, 0.4) is 0 Å². The third-order valence-corrected chi connectivity index (χ3v) is 14.2. The molecule has 2 aliphatic heterocycles. The first kappa shape index (κ1) is 11.3. The molecule has 2 saturated heterocycles. The van der Waals surface area contributed by atoms with E-state index in [0.29, 0.717) is 15.2 Å². The Hall–Kier alpha value is 0.860. The summed E-state index contributed by atoms with van der Waals surface area (Å²) in [7, 11) is 1.02. The first-order valence-electron chi connectivity index (χ1n) is 6.40. The zero-order valence-electron chi connectivity index (χ0n) is 9.71. The van der Waals surface area contributed by atoms with Crippen molar-refractivity contribution < 1.29 is 0 Å².